The van der Waals surface area contributed by atoms with Crippen LogP contribution in [-0.4, -0.2) is 24.0 Å². The van der Waals surface area contributed by atoms with Crippen molar-refractivity contribution in [3.05, 3.63) is 54.0 Å². The van der Waals surface area contributed by atoms with Crippen LogP contribution in [0.25, 0.3) is 0 Å². The quantitative estimate of drug-likeness (QED) is 0.938. The molecule has 0 atom stereocenters. The number of pyridine rings is 1. The molecule has 0 radical (unpaired) electrons. The number of nitrogens with zero attached hydrogens (tertiary/aromatic N) is 2. The molecule has 0 unspecified atom stereocenters. The predicted molar refractivity (Wildman–Crippen MR) is 82.1 cm³/mol. The second-order valence-corrected chi connectivity index (χ2v) is 5.05. The van der Waals surface area contributed by atoms with Crippen LogP contribution < -0.4 is 10.2 Å². The summed E-state index contributed by atoms with van der Waals surface area (Å²) in [4.78, 5) is 18.2. The van der Waals surface area contributed by atoms with E-state index in [1.807, 2.05) is 19.9 Å². The minimum absolute atomic E-state index is 0.234. The first-order valence-electron chi connectivity index (χ1n) is 6.74. The molecule has 2 rings (SSSR count). The maximum Gasteiger partial charge on any atom is 0.276 e. The molecule has 0 spiro atoms. The number of nitrogens with one attached hydrogen (secondary N) is 1. The largest absolute Gasteiger partial charge is 0.368 e. The smallest absolute Gasteiger partial charge is 0.276 e. The maximum absolute atomic E-state index is 12.9. The van der Waals surface area contributed by atoms with Crippen LogP contribution in [0.3, 0.4) is 0 Å². The lowest BCUT2D eigenvalue weighted by molar-refractivity contribution is 0.0988. The first-order valence-corrected chi connectivity index (χ1v) is 6.74. The van der Waals surface area contributed by atoms with E-state index in [1.165, 1.54) is 17.0 Å². The summed E-state index contributed by atoms with van der Waals surface area (Å²) in [7, 11) is 1.64. The molecule has 1 aromatic carbocycles. The fraction of sp³-hybridized carbons (Fsp3) is 0.250. The molecule has 0 saturated heterocycles. The van der Waals surface area contributed by atoms with Crippen molar-refractivity contribution in [2.75, 3.05) is 17.3 Å². The third-order valence-electron chi connectivity index (χ3n) is 2.92. The summed E-state index contributed by atoms with van der Waals surface area (Å²) in [6.45, 7) is 4.00. The van der Waals surface area contributed by atoms with Crippen molar-refractivity contribution < 1.29 is 9.18 Å². The third kappa shape index (κ3) is 3.78. The molecular formula is C16H18FN3O. The molecule has 0 bridgehead atoms. The number of benzene rings is 1. The molecule has 1 aromatic heterocycles. The number of hydrogen-bond acceptors (Lipinski definition) is 3. The van der Waals surface area contributed by atoms with Crippen LogP contribution >= 0.6 is 0 Å². The number of carbonyl (C=O) groups is 1. The van der Waals surface area contributed by atoms with E-state index in [4.69, 9.17) is 0 Å². The highest BCUT2D eigenvalue weighted by Crippen LogP contribution is 2.16. The van der Waals surface area contributed by atoms with Crippen molar-refractivity contribution in [3.63, 3.8) is 0 Å². The van der Waals surface area contributed by atoms with Crippen molar-refractivity contribution in [2.45, 2.75) is 19.9 Å². The lowest BCUT2D eigenvalue weighted by Crippen LogP contribution is -2.27. The molecule has 1 N–H and O–H groups in total. The highest BCUT2D eigenvalue weighted by molar-refractivity contribution is 6.04. The van der Waals surface area contributed by atoms with Gasteiger partial charge in [0.05, 0.1) is 0 Å². The van der Waals surface area contributed by atoms with E-state index in [9.17, 15) is 9.18 Å². The van der Waals surface area contributed by atoms with Gasteiger partial charge in [-0.25, -0.2) is 9.37 Å². The van der Waals surface area contributed by atoms with Gasteiger partial charge in [0.1, 0.15) is 17.3 Å². The Kier molecular flexibility index (Phi) is 4.52. The molecule has 0 saturated carbocycles. The SMILES string of the molecule is CC(C)Nc1cccc(C(=O)N(C)c2ccc(F)cc2)n1. The molecule has 21 heavy (non-hydrogen) atoms. The van der Waals surface area contributed by atoms with Crippen LogP contribution in [0.2, 0.25) is 0 Å². The van der Waals surface area contributed by atoms with Crippen LogP contribution in [-0.2, 0) is 0 Å². The van der Waals surface area contributed by atoms with Gasteiger partial charge in [-0.3, -0.25) is 4.79 Å². The number of halogens is 1. The summed E-state index contributed by atoms with van der Waals surface area (Å²) < 4.78 is 12.9. The Bertz CT molecular complexity index is 626. The molecule has 0 aliphatic carbocycles. The van der Waals surface area contributed by atoms with Gasteiger partial charge < -0.3 is 10.2 Å². The predicted octanol–water partition coefficient (Wildman–Crippen LogP) is 3.32. The summed E-state index contributed by atoms with van der Waals surface area (Å²) in [5, 5.41) is 3.15. The molecular weight excluding hydrogens is 269 g/mol. The molecule has 4 nitrogen and oxygen atoms in total. The Hall–Kier alpha value is -2.43. The number of rotatable bonds is 4. The Balaban J connectivity index is 2.21. The zero-order valence-corrected chi connectivity index (χ0v) is 12.3. The Morgan fingerprint density at radius 2 is 1.86 bits per heavy atom. The number of hydrogen-bond donors (Lipinski definition) is 1. The van der Waals surface area contributed by atoms with E-state index in [-0.39, 0.29) is 17.8 Å². The number of aromatic nitrogens is 1. The maximum atomic E-state index is 12.9. The van der Waals surface area contributed by atoms with E-state index in [0.29, 0.717) is 17.2 Å². The summed E-state index contributed by atoms with van der Waals surface area (Å²) >= 11 is 0. The van der Waals surface area contributed by atoms with E-state index < -0.39 is 0 Å². The van der Waals surface area contributed by atoms with Crippen LogP contribution in [0.15, 0.2) is 42.5 Å². The van der Waals surface area contributed by atoms with Gasteiger partial charge in [0.25, 0.3) is 5.91 Å². The fourth-order valence-electron chi connectivity index (χ4n) is 1.88. The van der Waals surface area contributed by atoms with E-state index in [1.54, 1.807) is 31.3 Å². The molecule has 5 heteroatoms. The Morgan fingerprint density at radius 1 is 1.19 bits per heavy atom. The Labute approximate surface area is 123 Å². The molecule has 110 valence electrons. The molecule has 0 aliphatic heterocycles. The highest BCUT2D eigenvalue weighted by Gasteiger charge is 2.15. The van der Waals surface area contributed by atoms with Gasteiger partial charge in [-0.15, -0.1) is 0 Å². The van der Waals surface area contributed by atoms with E-state index >= 15 is 0 Å². The molecule has 0 aliphatic rings. The van der Waals surface area contributed by atoms with Crippen LogP contribution in [0.4, 0.5) is 15.9 Å². The van der Waals surface area contributed by atoms with Crippen LogP contribution in [0, 0.1) is 5.82 Å². The van der Waals surface area contributed by atoms with E-state index in [0.717, 1.165) is 0 Å². The van der Waals surface area contributed by atoms with Crippen molar-refractivity contribution in [2.24, 2.45) is 0 Å². The lowest BCUT2D eigenvalue weighted by Gasteiger charge is -2.17. The second-order valence-electron chi connectivity index (χ2n) is 5.05. The average Bonchev–Trinajstić information content (AvgIpc) is 2.46. The van der Waals surface area contributed by atoms with E-state index in [2.05, 4.69) is 10.3 Å². The van der Waals surface area contributed by atoms with Crippen LogP contribution in [0.1, 0.15) is 24.3 Å². The van der Waals surface area contributed by atoms with Crippen molar-refractivity contribution in [3.8, 4) is 0 Å². The van der Waals surface area contributed by atoms with Gasteiger partial charge >= 0.3 is 0 Å². The number of carbonyl (C=O) groups excluding carboxylic acids is 1. The second kappa shape index (κ2) is 6.35. The normalized spacial score (nSPS) is 10.5. The van der Waals surface area contributed by atoms with Gasteiger partial charge in [0.2, 0.25) is 0 Å². The standard InChI is InChI=1S/C16H18FN3O/c1-11(2)18-15-6-4-5-14(19-15)16(21)20(3)13-9-7-12(17)8-10-13/h4-11H,1-3H3,(H,18,19). The monoisotopic (exact) mass is 287 g/mol. The van der Waals surface area contributed by atoms with Gasteiger partial charge in [-0.1, -0.05) is 6.07 Å². The van der Waals surface area contributed by atoms with Crippen molar-refractivity contribution in [1.29, 1.82) is 0 Å². The molecule has 2 aromatic rings. The lowest BCUT2D eigenvalue weighted by atomic mass is 10.2. The van der Waals surface area contributed by atoms with Crippen molar-refractivity contribution in [1.82, 2.24) is 4.98 Å². The average molecular weight is 287 g/mol. The first-order chi connectivity index (χ1) is 9.97. The van der Waals surface area contributed by atoms with Gasteiger partial charge in [-0.2, -0.15) is 0 Å². The van der Waals surface area contributed by atoms with Gasteiger partial charge in [0.15, 0.2) is 0 Å². The summed E-state index contributed by atoms with van der Waals surface area (Å²) in [5.41, 5.74) is 0.956. The zero-order chi connectivity index (χ0) is 15.4. The van der Waals surface area contributed by atoms with Gasteiger partial charge in [-0.05, 0) is 50.2 Å². The van der Waals surface area contributed by atoms with Gasteiger partial charge in [0, 0.05) is 18.8 Å². The third-order valence-corrected chi connectivity index (χ3v) is 2.92. The topological polar surface area (TPSA) is 45.2 Å². The number of anilines is 2. The number of amides is 1. The molecule has 1 amide bonds. The summed E-state index contributed by atoms with van der Waals surface area (Å²) in [6, 6.07) is 11.3. The minimum Gasteiger partial charge on any atom is -0.368 e. The summed E-state index contributed by atoms with van der Waals surface area (Å²) in [6.07, 6.45) is 0. The fourth-order valence-corrected chi connectivity index (χ4v) is 1.88. The van der Waals surface area contributed by atoms with Crippen LogP contribution in [0.5, 0.6) is 0 Å². The highest BCUT2D eigenvalue weighted by atomic mass is 19.1. The molecule has 1 heterocycles. The molecule has 0 fully saturated rings. The minimum atomic E-state index is -0.333. The Morgan fingerprint density at radius 3 is 2.48 bits per heavy atom. The summed E-state index contributed by atoms with van der Waals surface area (Å²) in [5.74, 6) is 0.0817. The van der Waals surface area contributed by atoms with Crippen molar-refractivity contribution >= 4 is 17.4 Å². The first kappa shape index (κ1) is 15.0. The zero-order valence-electron chi connectivity index (χ0n) is 12.3.